The molecule has 0 aliphatic heterocycles. The predicted molar refractivity (Wildman–Crippen MR) is 93.5 cm³/mol. The predicted octanol–water partition coefficient (Wildman–Crippen LogP) is 3.62. The highest BCUT2D eigenvalue weighted by atomic mass is 32.2. The zero-order valence-corrected chi connectivity index (χ0v) is 14.0. The van der Waals surface area contributed by atoms with E-state index < -0.39 is 10.0 Å². The summed E-state index contributed by atoms with van der Waals surface area (Å²) in [4.78, 5) is 8.50. The third-order valence-corrected chi connectivity index (χ3v) is 5.67. The van der Waals surface area contributed by atoms with Gasteiger partial charge in [-0.2, -0.15) is 8.42 Å². The Morgan fingerprint density at radius 1 is 1.12 bits per heavy atom. The van der Waals surface area contributed by atoms with Crippen LogP contribution in [0.5, 0.6) is 0 Å². The van der Waals surface area contributed by atoms with Gasteiger partial charge in [-0.1, -0.05) is 18.2 Å². The molecule has 0 spiro atoms. The summed E-state index contributed by atoms with van der Waals surface area (Å²) in [6.07, 6.45) is 5.74. The number of fused-ring (bicyclic) bond motifs is 1. The first-order valence-electron chi connectivity index (χ1n) is 7.88. The lowest BCUT2D eigenvalue weighted by atomic mass is 10.1. The van der Waals surface area contributed by atoms with Gasteiger partial charge in [0.05, 0.1) is 11.2 Å². The zero-order valence-electron chi connectivity index (χ0n) is 13.2. The van der Waals surface area contributed by atoms with Gasteiger partial charge in [0.1, 0.15) is 0 Å². The fourth-order valence-corrected chi connectivity index (χ4v) is 4.09. The molecule has 1 N–H and O–H groups in total. The Morgan fingerprint density at radius 3 is 2.71 bits per heavy atom. The number of rotatable bonds is 4. The molecule has 3 aromatic rings. The van der Waals surface area contributed by atoms with Gasteiger partial charge in [-0.3, -0.25) is 9.71 Å². The number of para-hydroxylation sites is 1. The molecule has 0 radical (unpaired) electrons. The van der Waals surface area contributed by atoms with Crippen LogP contribution < -0.4 is 4.72 Å². The number of sulfonamides is 1. The normalized spacial score (nSPS) is 14.7. The molecule has 0 saturated heterocycles. The summed E-state index contributed by atoms with van der Waals surface area (Å²) < 4.78 is 27.9. The molecule has 122 valence electrons. The van der Waals surface area contributed by atoms with Gasteiger partial charge in [0.15, 0.2) is 5.03 Å². The summed E-state index contributed by atoms with van der Waals surface area (Å²) in [6, 6.07) is 11.1. The van der Waals surface area contributed by atoms with E-state index in [4.69, 9.17) is 0 Å². The van der Waals surface area contributed by atoms with Crippen molar-refractivity contribution in [2.24, 2.45) is 0 Å². The molecule has 0 amide bonds. The van der Waals surface area contributed by atoms with Crippen molar-refractivity contribution < 1.29 is 8.42 Å². The average molecular weight is 339 g/mol. The van der Waals surface area contributed by atoms with E-state index in [1.807, 2.05) is 18.3 Å². The smallest absolute Gasteiger partial charge is 0.276 e. The molecule has 1 aromatic carbocycles. The van der Waals surface area contributed by atoms with Gasteiger partial charge < -0.3 is 0 Å². The van der Waals surface area contributed by atoms with E-state index in [0.29, 0.717) is 22.7 Å². The van der Waals surface area contributed by atoms with Crippen LogP contribution in [0.4, 0.5) is 5.69 Å². The van der Waals surface area contributed by atoms with Crippen LogP contribution in [-0.2, 0) is 10.0 Å². The van der Waals surface area contributed by atoms with Crippen molar-refractivity contribution in [1.82, 2.24) is 9.97 Å². The van der Waals surface area contributed by atoms with Gasteiger partial charge >= 0.3 is 0 Å². The standard InChI is InChI=1S/C18H17N3O2S/c1-12-4-3-9-19-18(12)24(22,23)21-16-6-2-5-14-10-15(13-7-8-13)11-20-17(14)16/h2-6,9-11,13,21H,7-8H2,1H3. The maximum Gasteiger partial charge on any atom is 0.279 e. The molecule has 0 unspecified atom stereocenters. The summed E-state index contributed by atoms with van der Waals surface area (Å²) in [5.41, 5.74) is 2.95. The third kappa shape index (κ3) is 2.73. The molecule has 4 rings (SSSR count). The van der Waals surface area contributed by atoms with Gasteiger partial charge in [0, 0.05) is 17.8 Å². The molecule has 2 heterocycles. The van der Waals surface area contributed by atoms with Crippen molar-refractivity contribution >= 4 is 26.6 Å². The van der Waals surface area contributed by atoms with Gasteiger partial charge in [-0.25, -0.2) is 4.98 Å². The first-order valence-corrected chi connectivity index (χ1v) is 9.36. The Balaban J connectivity index is 1.75. The Bertz CT molecular complexity index is 1030. The fourth-order valence-electron chi connectivity index (χ4n) is 2.85. The number of nitrogens with one attached hydrogen (secondary N) is 1. The Hall–Kier alpha value is -2.47. The van der Waals surface area contributed by atoms with Gasteiger partial charge in [-0.15, -0.1) is 0 Å². The first kappa shape index (κ1) is 15.1. The molecule has 2 aromatic heterocycles. The monoisotopic (exact) mass is 339 g/mol. The highest BCUT2D eigenvalue weighted by molar-refractivity contribution is 7.92. The summed E-state index contributed by atoms with van der Waals surface area (Å²) in [5.74, 6) is 0.610. The highest BCUT2D eigenvalue weighted by Gasteiger charge is 2.24. The van der Waals surface area contributed by atoms with Crippen molar-refractivity contribution in [2.75, 3.05) is 4.72 Å². The Morgan fingerprint density at radius 2 is 1.96 bits per heavy atom. The van der Waals surface area contributed by atoms with Crippen LogP contribution in [0.3, 0.4) is 0 Å². The number of nitrogens with zero attached hydrogens (tertiary/aromatic N) is 2. The van der Waals surface area contributed by atoms with Gasteiger partial charge in [-0.05, 0) is 55.0 Å². The van der Waals surface area contributed by atoms with Crippen molar-refractivity contribution in [1.29, 1.82) is 0 Å². The van der Waals surface area contributed by atoms with Crippen molar-refractivity contribution in [3.8, 4) is 0 Å². The van der Waals surface area contributed by atoms with E-state index in [9.17, 15) is 8.42 Å². The highest BCUT2D eigenvalue weighted by Crippen LogP contribution is 2.40. The number of pyridine rings is 2. The number of aromatic nitrogens is 2. The largest absolute Gasteiger partial charge is 0.279 e. The van der Waals surface area contributed by atoms with Crippen LogP contribution in [0.15, 0.2) is 53.8 Å². The molecule has 0 bridgehead atoms. The lowest BCUT2D eigenvalue weighted by molar-refractivity contribution is 0.597. The molecule has 1 fully saturated rings. The third-order valence-electron chi connectivity index (χ3n) is 4.24. The summed E-state index contributed by atoms with van der Waals surface area (Å²) >= 11 is 0. The molecule has 1 saturated carbocycles. The molecule has 0 atom stereocenters. The molecule has 5 nitrogen and oxygen atoms in total. The minimum atomic E-state index is -3.75. The van der Waals surface area contributed by atoms with Crippen LogP contribution in [0.25, 0.3) is 10.9 Å². The summed E-state index contributed by atoms with van der Waals surface area (Å²) in [7, 11) is -3.75. The maximum atomic E-state index is 12.6. The van der Waals surface area contributed by atoms with Crippen LogP contribution in [0.2, 0.25) is 0 Å². The summed E-state index contributed by atoms with van der Waals surface area (Å²) in [6.45, 7) is 1.73. The number of hydrogen-bond donors (Lipinski definition) is 1. The Kier molecular flexibility index (Phi) is 3.49. The Labute approximate surface area is 140 Å². The SMILES string of the molecule is Cc1cccnc1S(=O)(=O)Nc1cccc2cc(C3CC3)cnc12. The van der Waals surface area contributed by atoms with Crippen LogP contribution in [0, 0.1) is 6.92 Å². The van der Waals surface area contributed by atoms with E-state index >= 15 is 0 Å². The summed E-state index contributed by atoms with van der Waals surface area (Å²) in [5, 5.41) is 0.981. The van der Waals surface area contributed by atoms with E-state index in [0.717, 1.165) is 5.39 Å². The lowest BCUT2D eigenvalue weighted by Gasteiger charge is -2.11. The van der Waals surface area contributed by atoms with E-state index in [1.54, 1.807) is 25.1 Å². The minimum absolute atomic E-state index is 0.0385. The molecule has 6 heteroatoms. The second-order valence-corrected chi connectivity index (χ2v) is 7.75. The number of hydrogen-bond acceptors (Lipinski definition) is 4. The number of anilines is 1. The van der Waals surface area contributed by atoms with E-state index in [2.05, 4.69) is 20.8 Å². The van der Waals surface area contributed by atoms with Crippen molar-refractivity contribution in [2.45, 2.75) is 30.7 Å². The van der Waals surface area contributed by atoms with Crippen LogP contribution in [0.1, 0.15) is 29.9 Å². The topological polar surface area (TPSA) is 72.0 Å². The molecular weight excluding hydrogens is 322 g/mol. The second-order valence-electron chi connectivity index (χ2n) is 6.15. The first-order chi connectivity index (χ1) is 11.5. The van der Waals surface area contributed by atoms with E-state index in [-0.39, 0.29) is 5.03 Å². The number of aryl methyl sites for hydroxylation is 1. The second kappa shape index (κ2) is 5.56. The molecule has 1 aliphatic rings. The van der Waals surface area contributed by atoms with Crippen LogP contribution in [-0.4, -0.2) is 18.4 Å². The van der Waals surface area contributed by atoms with Crippen molar-refractivity contribution in [3.05, 3.63) is 59.9 Å². The van der Waals surface area contributed by atoms with Gasteiger partial charge in [0.25, 0.3) is 10.0 Å². The average Bonchev–Trinajstić information content (AvgIpc) is 3.39. The molecule has 1 aliphatic carbocycles. The fraction of sp³-hybridized carbons (Fsp3) is 0.222. The van der Waals surface area contributed by atoms with Crippen LogP contribution >= 0.6 is 0 Å². The van der Waals surface area contributed by atoms with Gasteiger partial charge in [0.2, 0.25) is 0 Å². The van der Waals surface area contributed by atoms with E-state index in [1.165, 1.54) is 24.6 Å². The van der Waals surface area contributed by atoms with Crippen molar-refractivity contribution in [3.63, 3.8) is 0 Å². The molecular formula is C18H17N3O2S. The molecule has 24 heavy (non-hydrogen) atoms. The quantitative estimate of drug-likeness (QED) is 0.788. The zero-order chi connectivity index (χ0) is 16.7. The maximum absolute atomic E-state index is 12.6. The lowest BCUT2D eigenvalue weighted by Crippen LogP contribution is -2.16. The minimum Gasteiger partial charge on any atom is -0.276 e. The number of benzene rings is 1.